The van der Waals surface area contributed by atoms with Gasteiger partial charge >= 0.3 is 5.69 Å². The average Bonchev–Trinajstić information content (AvgIpc) is 2.63. The maximum atomic E-state index is 12.1. The molecule has 0 unspecified atom stereocenters. The highest BCUT2D eigenvalue weighted by atomic mass is 19.1. The van der Waals surface area contributed by atoms with Crippen LogP contribution in [0.4, 0.5) is 4.39 Å². The first-order valence-corrected chi connectivity index (χ1v) is 4.60. The Labute approximate surface area is 89.5 Å². The Morgan fingerprint density at radius 1 is 1.25 bits per heavy atom. The van der Waals surface area contributed by atoms with Crippen LogP contribution in [-0.4, -0.2) is 31.6 Å². The molecule has 0 saturated carbocycles. The van der Waals surface area contributed by atoms with Crippen molar-refractivity contribution >= 4 is 0 Å². The van der Waals surface area contributed by atoms with E-state index >= 15 is 0 Å². The summed E-state index contributed by atoms with van der Waals surface area (Å²) in [7, 11) is 0. The quantitative estimate of drug-likeness (QED) is 0.802. The number of halogens is 1. The van der Waals surface area contributed by atoms with Gasteiger partial charge in [0.25, 0.3) is 0 Å². The monoisotopic (exact) mass is 224 g/mol. The molecule has 0 saturated heterocycles. The van der Waals surface area contributed by atoms with E-state index in [0.29, 0.717) is 5.69 Å². The fourth-order valence-electron chi connectivity index (χ4n) is 1.25. The number of hydrogen-bond donors (Lipinski definition) is 1. The number of phenols is 1. The van der Waals surface area contributed by atoms with Gasteiger partial charge in [-0.25, -0.2) is 9.18 Å². The molecule has 84 valence electrons. The van der Waals surface area contributed by atoms with Gasteiger partial charge in [0.2, 0.25) is 0 Å². The molecule has 0 atom stereocenters. The highest BCUT2D eigenvalue weighted by Gasteiger charge is 2.07. The molecule has 1 heterocycles. The minimum absolute atomic E-state index is 0.0907. The average molecular weight is 224 g/mol. The first kappa shape index (κ1) is 10.3. The second-order valence-corrected chi connectivity index (χ2v) is 3.10. The molecule has 1 N–H and O–H groups in total. The summed E-state index contributed by atoms with van der Waals surface area (Å²) in [4.78, 5) is 11.6. The van der Waals surface area contributed by atoms with Crippen LogP contribution >= 0.6 is 0 Å². The van der Waals surface area contributed by atoms with E-state index in [9.17, 15) is 9.18 Å². The molecule has 0 amide bonds. The Morgan fingerprint density at radius 3 is 2.56 bits per heavy atom. The summed E-state index contributed by atoms with van der Waals surface area (Å²) in [6.45, 7) is -0.787. The van der Waals surface area contributed by atoms with Crippen molar-refractivity contribution in [1.82, 2.24) is 19.8 Å². The number of aryl methyl sites for hydroxylation is 1. The molecule has 0 bridgehead atoms. The second kappa shape index (κ2) is 4.13. The number of hydrogen-bond acceptors (Lipinski definition) is 4. The van der Waals surface area contributed by atoms with Crippen LogP contribution in [0.15, 0.2) is 29.1 Å². The lowest BCUT2D eigenvalue weighted by molar-refractivity contribution is 0.416. The van der Waals surface area contributed by atoms with Gasteiger partial charge in [-0.15, -0.1) is 0 Å². The molecular weight excluding hydrogens is 215 g/mol. The van der Waals surface area contributed by atoms with E-state index in [1.807, 2.05) is 0 Å². The summed E-state index contributed by atoms with van der Waals surface area (Å²) < 4.78 is 14.0. The van der Waals surface area contributed by atoms with Gasteiger partial charge in [-0.1, -0.05) is 0 Å². The highest BCUT2D eigenvalue weighted by Crippen LogP contribution is 2.10. The first-order valence-electron chi connectivity index (χ1n) is 4.60. The van der Waals surface area contributed by atoms with Gasteiger partial charge in [-0.3, -0.25) is 0 Å². The van der Waals surface area contributed by atoms with Gasteiger partial charge in [0.1, 0.15) is 12.4 Å². The summed E-state index contributed by atoms with van der Waals surface area (Å²) in [5, 5.41) is 16.2. The van der Waals surface area contributed by atoms with Gasteiger partial charge in [0.15, 0.2) is 0 Å². The lowest BCUT2D eigenvalue weighted by atomic mass is 10.3. The van der Waals surface area contributed by atoms with Crippen LogP contribution in [0.5, 0.6) is 5.75 Å². The standard InChI is InChI=1S/C9H9FN4O2/c10-5-6-13-9(16)14(12-11-13)7-1-3-8(15)4-2-7/h1-4,15H,5-6H2. The summed E-state index contributed by atoms with van der Waals surface area (Å²) >= 11 is 0. The number of nitrogens with zero attached hydrogens (tertiary/aromatic N) is 4. The number of aromatic hydroxyl groups is 1. The normalized spacial score (nSPS) is 10.6. The topological polar surface area (TPSA) is 72.9 Å². The number of phenolic OH excluding ortho intramolecular Hbond substituents is 1. The Kier molecular flexibility index (Phi) is 2.67. The smallest absolute Gasteiger partial charge is 0.368 e. The third-order valence-corrected chi connectivity index (χ3v) is 2.03. The Hall–Kier alpha value is -2.18. The van der Waals surface area contributed by atoms with Gasteiger partial charge in [-0.2, -0.15) is 9.36 Å². The minimum atomic E-state index is -0.672. The molecule has 1 aromatic carbocycles. The van der Waals surface area contributed by atoms with Crippen LogP contribution in [0.1, 0.15) is 0 Å². The molecule has 0 aliphatic carbocycles. The SMILES string of the molecule is O=c1n(CCF)nnn1-c1ccc(O)cc1. The van der Waals surface area contributed by atoms with Crippen molar-refractivity contribution < 1.29 is 9.50 Å². The van der Waals surface area contributed by atoms with Crippen molar-refractivity contribution in [3.05, 3.63) is 34.7 Å². The van der Waals surface area contributed by atoms with Crippen molar-refractivity contribution in [3.8, 4) is 11.4 Å². The zero-order valence-corrected chi connectivity index (χ0v) is 8.25. The maximum absolute atomic E-state index is 12.1. The highest BCUT2D eigenvalue weighted by molar-refractivity contribution is 5.35. The van der Waals surface area contributed by atoms with E-state index in [1.54, 1.807) is 0 Å². The van der Waals surface area contributed by atoms with Crippen LogP contribution in [0.2, 0.25) is 0 Å². The third-order valence-electron chi connectivity index (χ3n) is 2.03. The molecule has 6 nitrogen and oxygen atoms in total. The van der Waals surface area contributed by atoms with Crippen LogP contribution in [0.3, 0.4) is 0 Å². The van der Waals surface area contributed by atoms with Crippen LogP contribution in [-0.2, 0) is 6.54 Å². The molecule has 0 radical (unpaired) electrons. The van der Waals surface area contributed by atoms with Crippen molar-refractivity contribution in [2.45, 2.75) is 6.54 Å². The Bertz CT molecular complexity index is 531. The zero-order chi connectivity index (χ0) is 11.5. The fraction of sp³-hybridized carbons (Fsp3) is 0.222. The fourth-order valence-corrected chi connectivity index (χ4v) is 1.25. The summed E-state index contributed by atoms with van der Waals surface area (Å²) in [6, 6.07) is 5.89. The third kappa shape index (κ3) is 1.79. The molecule has 0 fully saturated rings. The number of alkyl halides is 1. The lowest BCUT2D eigenvalue weighted by Gasteiger charge is -1.97. The Balaban J connectivity index is 2.41. The summed E-state index contributed by atoms with van der Waals surface area (Å²) in [6.07, 6.45) is 0. The van der Waals surface area contributed by atoms with Gasteiger partial charge in [-0.05, 0) is 34.7 Å². The predicted molar refractivity (Wildman–Crippen MR) is 53.3 cm³/mol. The molecule has 2 aromatic rings. The van der Waals surface area contributed by atoms with Crippen LogP contribution < -0.4 is 5.69 Å². The zero-order valence-electron chi connectivity index (χ0n) is 8.25. The van der Waals surface area contributed by atoms with Crippen LogP contribution in [0.25, 0.3) is 5.69 Å². The second-order valence-electron chi connectivity index (χ2n) is 3.10. The van der Waals surface area contributed by atoms with Gasteiger partial charge in [0, 0.05) is 0 Å². The first-order chi connectivity index (χ1) is 7.72. The number of benzene rings is 1. The number of tetrazole rings is 1. The summed E-state index contributed by atoms with van der Waals surface area (Å²) in [5.74, 6) is 0.0907. The van der Waals surface area contributed by atoms with Crippen molar-refractivity contribution in [2.75, 3.05) is 6.67 Å². The molecular formula is C9H9FN4O2. The van der Waals surface area contributed by atoms with E-state index < -0.39 is 12.4 Å². The number of aromatic nitrogens is 4. The Morgan fingerprint density at radius 2 is 1.94 bits per heavy atom. The summed E-state index contributed by atoms with van der Waals surface area (Å²) in [5.41, 5.74) is -0.0451. The van der Waals surface area contributed by atoms with E-state index in [2.05, 4.69) is 10.4 Å². The van der Waals surface area contributed by atoms with E-state index in [1.165, 1.54) is 24.3 Å². The molecule has 2 rings (SSSR count). The maximum Gasteiger partial charge on any atom is 0.368 e. The molecule has 0 spiro atoms. The lowest BCUT2D eigenvalue weighted by Crippen LogP contribution is -2.24. The number of rotatable bonds is 3. The largest absolute Gasteiger partial charge is 0.508 e. The van der Waals surface area contributed by atoms with Crippen molar-refractivity contribution in [3.63, 3.8) is 0 Å². The predicted octanol–water partition coefficient (Wildman–Crippen LogP) is 0.104. The van der Waals surface area contributed by atoms with Crippen LogP contribution in [0, 0.1) is 0 Å². The molecule has 7 heteroatoms. The minimum Gasteiger partial charge on any atom is -0.508 e. The molecule has 0 aliphatic rings. The van der Waals surface area contributed by atoms with E-state index in [0.717, 1.165) is 9.36 Å². The van der Waals surface area contributed by atoms with Gasteiger partial charge < -0.3 is 5.11 Å². The molecule has 0 aliphatic heterocycles. The van der Waals surface area contributed by atoms with Crippen molar-refractivity contribution in [1.29, 1.82) is 0 Å². The van der Waals surface area contributed by atoms with E-state index in [-0.39, 0.29) is 12.3 Å². The molecule has 16 heavy (non-hydrogen) atoms. The van der Waals surface area contributed by atoms with Crippen molar-refractivity contribution in [2.24, 2.45) is 0 Å². The molecule has 1 aromatic heterocycles. The van der Waals surface area contributed by atoms with E-state index in [4.69, 9.17) is 5.11 Å². The van der Waals surface area contributed by atoms with Gasteiger partial charge in [0.05, 0.1) is 12.2 Å².